The average Bonchev–Trinajstić information content (AvgIpc) is 3.62. The van der Waals surface area contributed by atoms with Gasteiger partial charge in [-0.1, -0.05) is 53.4 Å². The molecule has 0 aliphatic carbocycles. The van der Waals surface area contributed by atoms with E-state index >= 15 is 0 Å². The molecule has 3 saturated heterocycles. The molecule has 3 fully saturated rings. The van der Waals surface area contributed by atoms with E-state index in [1.54, 1.807) is 20.8 Å². The SMILES string of the molecule is CC(C)(C)OC(=O)N1CC[C@@H](C(=O)NNC(=O)[C@@H]2CC[C@@H]3CN2C(=O)N3OS(=O)(=O)[O-])C1.CCCC[N+](CCCC)(CCCC)CCCC. The predicted octanol–water partition coefficient (Wildman–Crippen LogP) is 4.05. The topological polar surface area (TPSA) is 178 Å². The van der Waals surface area contributed by atoms with Crippen molar-refractivity contribution in [2.24, 2.45) is 5.92 Å². The van der Waals surface area contributed by atoms with E-state index in [0.29, 0.717) is 18.0 Å². The minimum absolute atomic E-state index is 0.00780. The van der Waals surface area contributed by atoms with Crippen LogP contribution in [0.25, 0.3) is 0 Å². The van der Waals surface area contributed by atoms with Gasteiger partial charge in [-0.3, -0.25) is 20.4 Å². The number of ether oxygens (including phenoxy) is 1. The number of nitrogens with one attached hydrogen (secondary N) is 2. The standard InChI is InChI=1S/C17H27N5O9S.C16H36N/c1-17(2,3)30-16(26)20-7-6-10(8-20)13(23)18-19-14(24)12-5-4-11-9-21(12)15(25)22(11)31-32(27,28)29;1-5-9-13-17(14-10-6-2,15-11-7-3)16-12-8-4/h10-12H,4-9H2,1-3H3,(H,18,23)(H,19,24)(H,27,28,29);5-16H2,1-4H3/q;+1/p-1/t10-,11-,12+;/m1./s1. The smallest absolute Gasteiger partial charge is 0.410 e. The Bertz CT molecular complexity index is 1160. The molecule has 0 aromatic rings. The number of nitrogens with zero attached hydrogens (tertiary/aromatic N) is 4. The second kappa shape index (κ2) is 19.6. The number of urea groups is 1. The first-order chi connectivity index (χ1) is 23.0. The van der Waals surface area contributed by atoms with Crippen LogP contribution < -0.4 is 10.9 Å². The summed E-state index contributed by atoms with van der Waals surface area (Å²) < 4.78 is 43.4. The average molecular weight is 719 g/mol. The van der Waals surface area contributed by atoms with E-state index in [0.717, 1.165) is 4.90 Å². The van der Waals surface area contributed by atoms with Crippen LogP contribution in [-0.4, -0.2) is 120 Å². The maximum absolute atomic E-state index is 12.5. The van der Waals surface area contributed by atoms with Gasteiger partial charge in [0, 0.05) is 19.6 Å². The van der Waals surface area contributed by atoms with Gasteiger partial charge in [0.05, 0.1) is 38.1 Å². The first-order valence-corrected chi connectivity index (χ1v) is 19.5. The largest absolute Gasteiger partial charge is 0.724 e. The quantitative estimate of drug-likeness (QED) is 0.103. The summed E-state index contributed by atoms with van der Waals surface area (Å²) in [5.74, 6) is -1.70. The molecule has 0 aromatic carbocycles. The molecule has 5 amide bonds. The van der Waals surface area contributed by atoms with Crippen molar-refractivity contribution in [3.05, 3.63) is 0 Å². The van der Waals surface area contributed by atoms with Gasteiger partial charge in [0.15, 0.2) is 0 Å². The number of likely N-dealkylation sites (tertiary alicyclic amines) is 1. The van der Waals surface area contributed by atoms with Gasteiger partial charge in [-0.05, 0) is 65.7 Å². The van der Waals surface area contributed by atoms with E-state index in [1.165, 1.54) is 86.9 Å². The van der Waals surface area contributed by atoms with Crippen molar-refractivity contribution in [1.29, 1.82) is 0 Å². The van der Waals surface area contributed by atoms with Crippen molar-refractivity contribution >= 4 is 34.3 Å². The molecule has 284 valence electrons. The fourth-order valence-corrected chi connectivity index (χ4v) is 6.90. The van der Waals surface area contributed by atoms with E-state index in [1.807, 2.05) is 0 Å². The molecule has 0 radical (unpaired) electrons. The first kappa shape index (κ1) is 42.5. The predicted molar refractivity (Wildman–Crippen MR) is 183 cm³/mol. The van der Waals surface area contributed by atoms with Crippen molar-refractivity contribution in [2.45, 2.75) is 137 Å². The van der Waals surface area contributed by atoms with Crippen molar-refractivity contribution in [2.75, 3.05) is 45.8 Å². The third-order valence-corrected chi connectivity index (χ3v) is 9.60. The number of fused-ring (bicyclic) bond motifs is 2. The second-order valence-electron chi connectivity index (χ2n) is 14.5. The van der Waals surface area contributed by atoms with E-state index in [4.69, 9.17) is 4.74 Å². The maximum Gasteiger partial charge on any atom is 0.410 e. The Labute approximate surface area is 293 Å². The first-order valence-electron chi connectivity index (χ1n) is 18.2. The second-order valence-corrected chi connectivity index (χ2v) is 15.5. The lowest BCUT2D eigenvalue weighted by molar-refractivity contribution is -0.929. The highest BCUT2D eigenvalue weighted by atomic mass is 32.3. The number of rotatable bonds is 16. The van der Waals surface area contributed by atoms with Gasteiger partial charge < -0.3 is 23.6 Å². The zero-order valence-corrected chi connectivity index (χ0v) is 31.6. The number of hydroxylamine groups is 2. The summed E-state index contributed by atoms with van der Waals surface area (Å²) in [6.07, 6.45) is 11.4. The number of amides is 5. The summed E-state index contributed by atoms with van der Waals surface area (Å²) in [5.41, 5.74) is 3.92. The van der Waals surface area contributed by atoms with Crippen LogP contribution in [0.15, 0.2) is 0 Å². The van der Waals surface area contributed by atoms with Crippen LogP contribution in [0.5, 0.6) is 0 Å². The summed E-state index contributed by atoms with van der Waals surface area (Å²) in [4.78, 5) is 51.9. The van der Waals surface area contributed by atoms with Gasteiger partial charge in [-0.2, -0.15) is 9.35 Å². The fourth-order valence-electron chi connectivity index (χ4n) is 6.52. The summed E-state index contributed by atoms with van der Waals surface area (Å²) in [5, 5.41) is 0.470. The minimum atomic E-state index is -5.13. The number of quaternary nitrogens is 1. The molecule has 49 heavy (non-hydrogen) atoms. The van der Waals surface area contributed by atoms with Crippen LogP contribution in [0.4, 0.5) is 9.59 Å². The van der Waals surface area contributed by atoms with Crippen LogP contribution in [0.1, 0.15) is 119 Å². The molecule has 2 N–H and O–H groups in total. The summed E-state index contributed by atoms with van der Waals surface area (Å²) in [7, 11) is -5.13. The van der Waals surface area contributed by atoms with E-state index in [2.05, 4.69) is 42.8 Å². The molecule has 0 saturated carbocycles. The van der Waals surface area contributed by atoms with Crippen molar-refractivity contribution in [3.63, 3.8) is 0 Å². The van der Waals surface area contributed by atoms with Crippen molar-refractivity contribution in [3.8, 4) is 0 Å². The van der Waals surface area contributed by atoms with Crippen molar-refractivity contribution < 1.29 is 45.7 Å². The zero-order chi connectivity index (χ0) is 36.8. The monoisotopic (exact) mass is 718 g/mol. The summed E-state index contributed by atoms with van der Waals surface area (Å²) in [6, 6.07) is -2.55. The van der Waals surface area contributed by atoms with Gasteiger partial charge in [0.1, 0.15) is 11.6 Å². The Morgan fingerprint density at radius 3 is 1.82 bits per heavy atom. The van der Waals surface area contributed by atoms with E-state index in [9.17, 15) is 32.1 Å². The highest BCUT2D eigenvalue weighted by Crippen LogP contribution is 2.30. The number of carbonyl (C=O) groups is 4. The molecule has 3 rings (SSSR count). The number of hydrogen-bond acceptors (Lipinski definition) is 9. The van der Waals surface area contributed by atoms with Gasteiger partial charge in [-0.15, -0.1) is 0 Å². The lowest BCUT2D eigenvalue weighted by atomic mass is 10.0. The number of unbranched alkanes of at least 4 members (excludes halogenated alkanes) is 4. The highest BCUT2D eigenvalue weighted by molar-refractivity contribution is 7.80. The summed E-state index contributed by atoms with van der Waals surface area (Å²) in [6.45, 7) is 20.7. The normalized spacial score (nSPS) is 20.9. The third-order valence-electron chi connectivity index (χ3n) is 9.26. The van der Waals surface area contributed by atoms with Crippen LogP contribution in [0.3, 0.4) is 0 Å². The van der Waals surface area contributed by atoms with Crippen molar-refractivity contribution in [1.82, 2.24) is 25.7 Å². The summed E-state index contributed by atoms with van der Waals surface area (Å²) >= 11 is 0. The Morgan fingerprint density at radius 1 is 0.837 bits per heavy atom. The van der Waals surface area contributed by atoms with Crippen LogP contribution >= 0.6 is 0 Å². The van der Waals surface area contributed by atoms with Gasteiger partial charge in [0.2, 0.25) is 16.3 Å². The lowest BCUT2D eigenvalue weighted by Gasteiger charge is -2.39. The molecule has 3 heterocycles. The Morgan fingerprint density at radius 2 is 1.35 bits per heavy atom. The molecule has 0 aromatic heterocycles. The fraction of sp³-hybridized carbons (Fsp3) is 0.879. The highest BCUT2D eigenvalue weighted by Gasteiger charge is 2.49. The van der Waals surface area contributed by atoms with Gasteiger partial charge in [0.25, 0.3) is 5.91 Å². The van der Waals surface area contributed by atoms with E-state index < -0.39 is 57.9 Å². The molecule has 2 bridgehead atoms. The molecule has 3 atom stereocenters. The van der Waals surface area contributed by atoms with Gasteiger partial charge in [-0.25, -0.2) is 18.0 Å². The Hall–Kier alpha value is -2.69. The molecule has 3 aliphatic heterocycles. The molecule has 15 nitrogen and oxygen atoms in total. The number of hydrogen-bond donors (Lipinski definition) is 2. The molecular weight excluding hydrogens is 656 g/mol. The lowest BCUT2D eigenvalue weighted by Crippen LogP contribution is -2.55. The van der Waals surface area contributed by atoms with E-state index in [-0.39, 0.29) is 25.9 Å². The number of carbonyl (C=O) groups excluding carboxylic acids is 4. The molecule has 3 aliphatic rings. The van der Waals surface area contributed by atoms with Crippen LogP contribution in [0, 0.1) is 5.92 Å². The molecule has 16 heteroatoms. The number of hydrazine groups is 1. The van der Waals surface area contributed by atoms with Crippen LogP contribution in [0.2, 0.25) is 0 Å². The molecular formula is C33H62N6O9S. The van der Waals surface area contributed by atoms with Crippen LogP contribution in [-0.2, 0) is 29.0 Å². The zero-order valence-electron chi connectivity index (χ0n) is 30.8. The molecule has 0 unspecified atom stereocenters. The minimum Gasteiger partial charge on any atom is -0.724 e. The van der Waals surface area contributed by atoms with Gasteiger partial charge >= 0.3 is 12.1 Å². The third kappa shape index (κ3) is 13.9. The molecule has 0 spiro atoms. The maximum atomic E-state index is 12.5. The Kier molecular flexibility index (Phi) is 17.0. The number of piperidine rings is 1. The Balaban J connectivity index is 0.000000417.